The molecular formula is C12H16BrNOS. The average molecular weight is 302 g/mol. The van der Waals surface area contributed by atoms with Crippen LogP contribution in [0, 0.1) is 0 Å². The molecule has 1 N–H and O–H groups in total. The molecule has 0 radical (unpaired) electrons. The molecule has 2 nitrogen and oxygen atoms in total. The number of benzene rings is 1. The SMILES string of the molecule is CC[C@@H](C)NC(=O)CSc1ccc(Br)cc1. The third kappa shape index (κ3) is 5.03. The maximum atomic E-state index is 11.5. The second-order valence-corrected chi connectivity index (χ2v) is 5.58. The smallest absolute Gasteiger partial charge is 0.230 e. The van der Waals surface area contributed by atoms with E-state index in [0.29, 0.717) is 5.75 Å². The van der Waals surface area contributed by atoms with Gasteiger partial charge in [-0.2, -0.15) is 0 Å². The summed E-state index contributed by atoms with van der Waals surface area (Å²) in [5.74, 6) is 0.577. The number of rotatable bonds is 5. The summed E-state index contributed by atoms with van der Waals surface area (Å²) >= 11 is 4.94. The van der Waals surface area contributed by atoms with Crippen molar-refractivity contribution >= 4 is 33.6 Å². The van der Waals surface area contributed by atoms with Gasteiger partial charge < -0.3 is 5.32 Å². The number of hydrogen-bond acceptors (Lipinski definition) is 2. The van der Waals surface area contributed by atoms with Gasteiger partial charge in [-0.3, -0.25) is 4.79 Å². The third-order valence-corrected chi connectivity index (χ3v) is 3.74. The molecule has 1 atom stereocenters. The number of thioether (sulfide) groups is 1. The molecule has 0 saturated carbocycles. The highest BCUT2D eigenvalue weighted by Crippen LogP contribution is 2.20. The van der Waals surface area contributed by atoms with Crippen molar-refractivity contribution in [2.75, 3.05) is 5.75 Å². The normalized spacial score (nSPS) is 12.2. The van der Waals surface area contributed by atoms with E-state index in [9.17, 15) is 4.79 Å². The Balaban J connectivity index is 2.34. The topological polar surface area (TPSA) is 29.1 Å². The number of nitrogens with one attached hydrogen (secondary N) is 1. The quantitative estimate of drug-likeness (QED) is 0.844. The summed E-state index contributed by atoms with van der Waals surface area (Å²) < 4.78 is 1.06. The highest BCUT2D eigenvalue weighted by Gasteiger charge is 2.05. The molecule has 1 rings (SSSR count). The lowest BCUT2D eigenvalue weighted by Gasteiger charge is -2.10. The highest BCUT2D eigenvalue weighted by molar-refractivity contribution is 9.10. The third-order valence-electron chi connectivity index (χ3n) is 2.20. The zero-order chi connectivity index (χ0) is 12.0. The molecule has 0 aromatic heterocycles. The fraction of sp³-hybridized carbons (Fsp3) is 0.417. The summed E-state index contributed by atoms with van der Waals surface area (Å²) in [5.41, 5.74) is 0. The zero-order valence-corrected chi connectivity index (χ0v) is 11.9. The minimum absolute atomic E-state index is 0.0993. The van der Waals surface area contributed by atoms with E-state index in [1.807, 2.05) is 31.2 Å². The van der Waals surface area contributed by atoms with E-state index in [4.69, 9.17) is 0 Å². The van der Waals surface area contributed by atoms with E-state index >= 15 is 0 Å². The lowest BCUT2D eigenvalue weighted by molar-refractivity contribution is -0.119. The van der Waals surface area contributed by atoms with Crippen molar-refractivity contribution in [2.24, 2.45) is 0 Å². The van der Waals surface area contributed by atoms with Crippen LogP contribution in [0.4, 0.5) is 0 Å². The van der Waals surface area contributed by atoms with Crippen LogP contribution in [0.1, 0.15) is 20.3 Å². The van der Waals surface area contributed by atoms with Crippen molar-refractivity contribution in [2.45, 2.75) is 31.2 Å². The molecule has 0 fully saturated rings. The molecule has 0 bridgehead atoms. The Kier molecular flexibility index (Phi) is 5.91. The first-order chi connectivity index (χ1) is 7.61. The van der Waals surface area contributed by atoms with Crippen LogP contribution in [0.25, 0.3) is 0 Å². The molecule has 88 valence electrons. The minimum Gasteiger partial charge on any atom is -0.353 e. The van der Waals surface area contributed by atoms with E-state index < -0.39 is 0 Å². The second kappa shape index (κ2) is 6.97. The first kappa shape index (κ1) is 13.6. The molecule has 0 aliphatic rings. The molecular weight excluding hydrogens is 286 g/mol. The van der Waals surface area contributed by atoms with Crippen LogP contribution in [0.5, 0.6) is 0 Å². The van der Waals surface area contributed by atoms with Gasteiger partial charge in [-0.25, -0.2) is 0 Å². The van der Waals surface area contributed by atoms with Crippen molar-refractivity contribution in [1.82, 2.24) is 5.32 Å². The van der Waals surface area contributed by atoms with Gasteiger partial charge in [0.2, 0.25) is 5.91 Å². The van der Waals surface area contributed by atoms with Gasteiger partial charge in [0.15, 0.2) is 0 Å². The molecule has 1 aromatic carbocycles. The Hall–Kier alpha value is -0.480. The van der Waals surface area contributed by atoms with E-state index in [-0.39, 0.29) is 11.9 Å². The summed E-state index contributed by atoms with van der Waals surface area (Å²) in [6.45, 7) is 4.08. The predicted molar refractivity (Wildman–Crippen MR) is 72.8 cm³/mol. The largest absolute Gasteiger partial charge is 0.353 e. The van der Waals surface area contributed by atoms with Crippen molar-refractivity contribution < 1.29 is 4.79 Å². The van der Waals surface area contributed by atoms with Crippen LogP contribution in [-0.4, -0.2) is 17.7 Å². The molecule has 0 aliphatic carbocycles. The standard InChI is InChI=1S/C12H16BrNOS/c1-3-9(2)14-12(15)8-16-11-6-4-10(13)5-7-11/h4-7,9H,3,8H2,1-2H3,(H,14,15)/t9-/m1/s1. The molecule has 0 heterocycles. The Morgan fingerprint density at radius 2 is 2.06 bits per heavy atom. The van der Waals surface area contributed by atoms with Crippen molar-refractivity contribution in [1.29, 1.82) is 0 Å². The average Bonchev–Trinajstić information content (AvgIpc) is 2.28. The number of carbonyl (C=O) groups is 1. The molecule has 0 spiro atoms. The Labute approximate surface area is 109 Å². The van der Waals surface area contributed by atoms with E-state index in [1.165, 1.54) is 0 Å². The van der Waals surface area contributed by atoms with Gasteiger partial charge in [-0.15, -0.1) is 11.8 Å². The van der Waals surface area contributed by atoms with Crippen LogP contribution in [0.2, 0.25) is 0 Å². The lowest BCUT2D eigenvalue weighted by Crippen LogP contribution is -2.33. The van der Waals surface area contributed by atoms with Gasteiger partial charge in [0.1, 0.15) is 0 Å². The molecule has 0 unspecified atom stereocenters. The summed E-state index contributed by atoms with van der Waals surface area (Å²) in [6, 6.07) is 8.23. The maximum Gasteiger partial charge on any atom is 0.230 e. The second-order valence-electron chi connectivity index (χ2n) is 3.62. The summed E-state index contributed by atoms with van der Waals surface area (Å²) in [7, 11) is 0. The Morgan fingerprint density at radius 1 is 1.44 bits per heavy atom. The van der Waals surface area contributed by atoms with E-state index in [2.05, 4.69) is 28.2 Å². The number of amides is 1. The summed E-state index contributed by atoms with van der Waals surface area (Å²) in [5, 5.41) is 2.94. The summed E-state index contributed by atoms with van der Waals surface area (Å²) in [6.07, 6.45) is 0.967. The summed E-state index contributed by atoms with van der Waals surface area (Å²) in [4.78, 5) is 12.6. The monoisotopic (exact) mass is 301 g/mol. The van der Waals surface area contributed by atoms with Gasteiger partial charge in [0, 0.05) is 15.4 Å². The molecule has 16 heavy (non-hydrogen) atoms. The van der Waals surface area contributed by atoms with E-state index in [0.717, 1.165) is 15.8 Å². The lowest BCUT2D eigenvalue weighted by atomic mass is 10.3. The van der Waals surface area contributed by atoms with Gasteiger partial charge >= 0.3 is 0 Å². The molecule has 4 heteroatoms. The van der Waals surface area contributed by atoms with Gasteiger partial charge in [-0.1, -0.05) is 22.9 Å². The number of hydrogen-bond donors (Lipinski definition) is 1. The molecule has 0 aliphatic heterocycles. The first-order valence-electron chi connectivity index (χ1n) is 5.29. The fourth-order valence-corrected chi connectivity index (χ4v) is 2.07. The van der Waals surface area contributed by atoms with Crippen molar-refractivity contribution in [3.8, 4) is 0 Å². The predicted octanol–water partition coefficient (Wildman–Crippen LogP) is 3.46. The molecule has 1 aromatic rings. The number of carbonyl (C=O) groups excluding carboxylic acids is 1. The van der Waals surface area contributed by atoms with Crippen molar-refractivity contribution in [3.05, 3.63) is 28.7 Å². The van der Waals surface area contributed by atoms with Crippen molar-refractivity contribution in [3.63, 3.8) is 0 Å². The maximum absolute atomic E-state index is 11.5. The molecule has 1 amide bonds. The minimum atomic E-state index is 0.0993. The van der Waals surface area contributed by atoms with Crippen LogP contribution in [0.15, 0.2) is 33.6 Å². The van der Waals surface area contributed by atoms with Gasteiger partial charge in [0.05, 0.1) is 5.75 Å². The Bertz CT molecular complexity index is 339. The van der Waals surface area contributed by atoms with E-state index in [1.54, 1.807) is 11.8 Å². The first-order valence-corrected chi connectivity index (χ1v) is 7.07. The van der Waals surface area contributed by atoms with Gasteiger partial charge in [0.25, 0.3) is 0 Å². The van der Waals surface area contributed by atoms with Crippen LogP contribution in [-0.2, 0) is 4.79 Å². The van der Waals surface area contributed by atoms with Crippen LogP contribution >= 0.6 is 27.7 Å². The van der Waals surface area contributed by atoms with Crippen LogP contribution < -0.4 is 5.32 Å². The Morgan fingerprint density at radius 3 is 2.62 bits per heavy atom. The zero-order valence-electron chi connectivity index (χ0n) is 9.50. The van der Waals surface area contributed by atoms with Crippen LogP contribution in [0.3, 0.4) is 0 Å². The number of halogens is 1. The highest BCUT2D eigenvalue weighted by atomic mass is 79.9. The fourth-order valence-electron chi connectivity index (χ4n) is 1.10. The molecule has 0 saturated heterocycles. The van der Waals surface area contributed by atoms with Gasteiger partial charge in [-0.05, 0) is 37.6 Å².